The monoisotopic (exact) mass is 426 g/mol. The topological polar surface area (TPSA) is 73.0 Å². The van der Waals surface area contributed by atoms with Gasteiger partial charge in [-0.15, -0.1) is 0 Å². The normalized spacial score (nSPS) is 21.7. The Morgan fingerprint density at radius 2 is 1.68 bits per heavy atom. The molecule has 3 fully saturated rings. The molecule has 1 unspecified atom stereocenters. The Balaban J connectivity index is 1.27. The fraction of sp³-hybridized carbons (Fsp3) is 0.625. The van der Waals surface area contributed by atoms with Crippen LogP contribution in [-0.4, -0.2) is 78.2 Å². The molecule has 168 valence electrons. The van der Waals surface area contributed by atoms with Crippen molar-refractivity contribution in [2.24, 2.45) is 11.8 Å². The third-order valence-corrected chi connectivity index (χ3v) is 6.72. The van der Waals surface area contributed by atoms with Crippen molar-refractivity contribution >= 4 is 23.4 Å². The van der Waals surface area contributed by atoms with Gasteiger partial charge < -0.3 is 20.0 Å². The molecule has 0 spiro atoms. The summed E-state index contributed by atoms with van der Waals surface area (Å²) in [5, 5.41) is 3.23. The number of rotatable bonds is 5. The number of benzene rings is 1. The number of carbonyl (C=O) groups is 3. The predicted octanol–water partition coefficient (Wildman–Crippen LogP) is 2.36. The molecular formula is C24H34N4O3. The van der Waals surface area contributed by atoms with E-state index in [1.807, 2.05) is 39.8 Å². The lowest BCUT2D eigenvalue weighted by molar-refractivity contribution is -0.139. The first-order chi connectivity index (χ1) is 14.9. The van der Waals surface area contributed by atoms with Gasteiger partial charge in [0.15, 0.2) is 0 Å². The van der Waals surface area contributed by atoms with Crippen LogP contribution in [0.3, 0.4) is 0 Å². The summed E-state index contributed by atoms with van der Waals surface area (Å²) in [6.45, 7) is 8.48. The van der Waals surface area contributed by atoms with Gasteiger partial charge in [0.1, 0.15) is 0 Å². The molecule has 3 amide bonds. The van der Waals surface area contributed by atoms with Gasteiger partial charge in [0.25, 0.3) is 5.91 Å². The highest BCUT2D eigenvalue weighted by Crippen LogP contribution is 2.31. The average Bonchev–Trinajstić information content (AvgIpc) is 3.62. The van der Waals surface area contributed by atoms with Gasteiger partial charge >= 0.3 is 0 Å². The molecule has 4 rings (SSSR count). The predicted molar refractivity (Wildman–Crippen MR) is 120 cm³/mol. The maximum Gasteiger partial charge on any atom is 0.253 e. The van der Waals surface area contributed by atoms with Crippen molar-refractivity contribution in [3.05, 3.63) is 29.3 Å². The van der Waals surface area contributed by atoms with Crippen LogP contribution >= 0.6 is 0 Å². The van der Waals surface area contributed by atoms with E-state index in [4.69, 9.17) is 0 Å². The molecule has 1 atom stereocenters. The van der Waals surface area contributed by atoms with Crippen molar-refractivity contribution in [2.75, 3.05) is 51.1 Å². The highest BCUT2D eigenvalue weighted by atomic mass is 16.2. The summed E-state index contributed by atoms with van der Waals surface area (Å²) < 4.78 is 0. The van der Waals surface area contributed by atoms with Gasteiger partial charge in [0.05, 0.1) is 6.54 Å². The first-order valence-electron chi connectivity index (χ1n) is 11.6. The van der Waals surface area contributed by atoms with Crippen molar-refractivity contribution in [1.29, 1.82) is 0 Å². The van der Waals surface area contributed by atoms with Gasteiger partial charge in [0.2, 0.25) is 11.8 Å². The fourth-order valence-electron chi connectivity index (χ4n) is 4.60. The summed E-state index contributed by atoms with van der Waals surface area (Å²) in [6, 6.07) is 5.66. The maximum absolute atomic E-state index is 12.8. The maximum atomic E-state index is 12.8. The van der Waals surface area contributed by atoms with Crippen LogP contribution in [-0.2, 0) is 9.59 Å². The van der Waals surface area contributed by atoms with Crippen LogP contribution in [0.25, 0.3) is 0 Å². The van der Waals surface area contributed by atoms with Crippen LogP contribution in [0, 0.1) is 18.8 Å². The number of anilines is 1. The van der Waals surface area contributed by atoms with Crippen LogP contribution in [0.1, 0.15) is 48.5 Å². The standard InChI is InChI=1S/C24H34N4O3/c1-17-4-3-9-28(16-17)24(31)20-7-8-21(18(2)14-20)25-15-22(29)26-10-12-27(13-11-26)23(30)19-5-6-19/h7-8,14,17,19,25H,3-6,9-13,15-16H2,1-2H3. The van der Waals surface area contributed by atoms with Crippen molar-refractivity contribution in [1.82, 2.24) is 14.7 Å². The molecule has 1 saturated carbocycles. The average molecular weight is 427 g/mol. The van der Waals surface area contributed by atoms with Crippen molar-refractivity contribution in [3.8, 4) is 0 Å². The van der Waals surface area contributed by atoms with E-state index >= 15 is 0 Å². The van der Waals surface area contributed by atoms with Crippen LogP contribution in [0.2, 0.25) is 0 Å². The number of nitrogens with zero attached hydrogens (tertiary/aromatic N) is 3. The number of aryl methyl sites for hydroxylation is 1. The lowest BCUT2D eigenvalue weighted by Gasteiger charge is -2.35. The number of carbonyl (C=O) groups excluding carboxylic acids is 3. The van der Waals surface area contributed by atoms with Gasteiger partial charge in [-0.25, -0.2) is 0 Å². The number of piperazine rings is 1. The molecule has 7 nitrogen and oxygen atoms in total. The lowest BCUT2D eigenvalue weighted by Crippen LogP contribution is -2.52. The highest BCUT2D eigenvalue weighted by Gasteiger charge is 2.35. The summed E-state index contributed by atoms with van der Waals surface area (Å²) in [4.78, 5) is 43.3. The molecule has 3 aliphatic rings. The number of piperidine rings is 1. The Hall–Kier alpha value is -2.57. The number of amides is 3. The van der Waals surface area contributed by atoms with Gasteiger partial charge in [-0.05, 0) is 62.3 Å². The van der Waals surface area contributed by atoms with Crippen LogP contribution < -0.4 is 5.32 Å². The number of hydrogen-bond donors (Lipinski definition) is 1. The number of hydrogen-bond acceptors (Lipinski definition) is 4. The second kappa shape index (κ2) is 9.28. The SMILES string of the molecule is Cc1cc(C(=O)N2CCCC(C)C2)ccc1NCC(=O)N1CCN(C(=O)C2CC2)CC1. The molecule has 0 radical (unpaired) electrons. The molecule has 2 saturated heterocycles. The second-order valence-electron chi connectivity index (χ2n) is 9.36. The fourth-order valence-corrected chi connectivity index (χ4v) is 4.60. The van der Waals surface area contributed by atoms with E-state index in [1.165, 1.54) is 6.42 Å². The Morgan fingerprint density at radius 3 is 2.32 bits per heavy atom. The van der Waals surface area contributed by atoms with Crippen LogP contribution in [0.15, 0.2) is 18.2 Å². The zero-order valence-electron chi connectivity index (χ0n) is 18.7. The van der Waals surface area contributed by atoms with E-state index in [9.17, 15) is 14.4 Å². The van der Waals surface area contributed by atoms with Crippen LogP contribution in [0.4, 0.5) is 5.69 Å². The first-order valence-corrected chi connectivity index (χ1v) is 11.6. The number of nitrogens with one attached hydrogen (secondary N) is 1. The van der Waals surface area contributed by atoms with E-state index in [-0.39, 0.29) is 30.2 Å². The van der Waals surface area contributed by atoms with E-state index in [0.717, 1.165) is 43.6 Å². The molecule has 1 N–H and O–H groups in total. The third kappa shape index (κ3) is 5.20. The molecule has 31 heavy (non-hydrogen) atoms. The molecule has 1 aromatic rings. The molecule has 2 aliphatic heterocycles. The molecule has 0 aromatic heterocycles. The summed E-state index contributed by atoms with van der Waals surface area (Å²) in [5.41, 5.74) is 2.54. The van der Waals surface area contributed by atoms with Crippen molar-refractivity contribution in [2.45, 2.75) is 39.5 Å². The smallest absolute Gasteiger partial charge is 0.253 e. The summed E-state index contributed by atoms with van der Waals surface area (Å²) in [5.74, 6) is 1.19. The van der Waals surface area contributed by atoms with Crippen molar-refractivity contribution in [3.63, 3.8) is 0 Å². The minimum atomic E-state index is 0.0420. The molecule has 2 heterocycles. The summed E-state index contributed by atoms with van der Waals surface area (Å²) in [6.07, 6.45) is 4.29. The minimum Gasteiger partial charge on any atom is -0.376 e. The minimum absolute atomic E-state index is 0.0420. The molecule has 1 aliphatic carbocycles. The zero-order valence-corrected chi connectivity index (χ0v) is 18.7. The van der Waals surface area contributed by atoms with Crippen molar-refractivity contribution < 1.29 is 14.4 Å². The quantitative estimate of drug-likeness (QED) is 0.785. The van der Waals surface area contributed by atoms with Gasteiger partial charge in [-0.3, -0.25) is 14.4 Å². The van der Waals surface area contributed by atoms with E-state index in [0.29, 0.717) is 37.7 Å². The van der Waals surface area contributed by atoms with Gasteiger partial charge in [0, 0.05) is 56.4 Å². The summed E-state index contributed by atoms with van der Waals surface area (Å²) >= 11 is 0. The molecular weight excluding hydrogens is 392 g/mol. The molecule has 7 heteroatoms. The first kappa shape index (κ1) is 21.7. The summed E-state index contributed by atoms with van der Waals surface area (Å²) in [7, 11) is 0. The van der Waals surface area contributed by atoms with E-state index < -0.39 is 0 Å². The third-order valence-electron chi connectivity index (χ3n) is 6.72. The van der Waals surface area contributed by atoms with Gasteiger partial charge in [-0.2, -0.15) is 0 Å². The Bertz CT molecular complexity index is 843. The van der Waals surface area contributed by atoms with Gasteiger partial charge in [-0.1, -0.05) is 6.92 Å². The highest BCUT2D eigenvalue weighted by molar-refractivity contribution is 5.95. The Labute approximate surface area is 184 Å². The molecule has 1 aromatic carbocycles. The molecule has 0 bridgehead atoms. The van der Waals surface area contributed by atoms with E-state index in [1.54, 1.807) is 0 Å². The largest absolute Gasteiger partial charge is 0.376 e. The lowest BCUT2D eigenvalue weighted by atomic mass is 9.99. The Kier molecular flexibility index (Phi) is 6.49. The number of likely N-dealkylation sites (tertiary alicyclic amines) is 1. The van der Waals surface area contributed by atoms with Crippen LogP contribution in [0.5, 0.6) is 0 Å². The zero-order chi connectivity index (χ0) is 22.0. The Morgan fingerprint density at radius 1 is 0.968 bits per heavy atom. The second-order valence-corrected chi connectivity index (χ2v) is 9.36. The van der Waals surface area contributed by atoms with E-state index in [2.05, 4.69) is 12.2 Å².